The van der Waals surface area contributed by atoms with E-state index >= 15 is 0 Å². The van der Waals surface area contributed by atoms with Gasteiger partial charge in [0, 0.05) is 6.20 Å². The Balaban J connectivity index is 2.52. The molecule has 2 aromatic rings. The quantitative estimate of drug-likeness (QED) is 0.811. The summed E-state index contributed by atoms with van der Waals surface area (Å²) in [6.45, 7) is 0. The first-order chi connectivity index (χ1) is 7.58. The van der Waals surface area contributed by atoms with Crippen LogP contribution >= 0.6 is 15.9 Å². The molecule has 4 N–H and O–H groups in total. The number of hydrogen-bond donors (Lipinski definition) is 2. The molecule has 0 aromatic carbocycles. The molecular formula is C8H7BrN6O. The van der Waals surface area contributed by atoms with Crippen molar-refractivity contribution in [1.82, 2.24) is 19.7 Å². The molecule has 0 radical (unpaired) electrons. The molecule has 82 valence electrons. The monoisotopic (exact) mass is 282 g/mol. The topological polar surface area (TPSA) is 113 Å². The molecule has 0 saturated heterocycles. The van der Waals surface area contributed by atoms with Crippen LogP contribution in [0.5, 0.6) is 0 Å². The van der Waals surface area contributed by atoms with Gasteiger partial charge in [-0.2, -0.15) is 4.98 Å². The summed E-state index contributed by atoms with van der Waals surface area (Å²) in [5.41, 5.74) is 11.3. The van der Waals surface area contributed by atoms with Crippen molar-refractivity contribution in [3.63, 3.8) is 0 Å². The van der Waals surface area contributed by atoms with Crippen molar-refractivity contribution in [3.8, 4) is 5.69 Å². The Bertz CT molecular complexity index is 551. The Kier molecular flexibility index (Phi) is 2.57. The number of rotatable bonds is 2. The first-order valence-electron chi connectivity index (χ1n) is 4.22. The van der Waals surface area contributed by atoms with E-state index in [1.165, 1.54) is 16.9 Å². The number of nitrogens with zero attached hydrogens (tertiary/aromatic N) is 4. The van der Waals surface area contributed by atoms with E-state index in [-0.39, 0.29) is 11.6 Å². The number of anilines is 1. The van der Waals surface area contributed by atoms with Crippen LogP contribution in [-0.4, -0.2) is 25.7 Å². The van der Waals surface area contributed by atoms with Crippen molar-refractivity contribution in [1.29, 1.82) is 0 Å². The highest BCUT2D eigenvalue weighted by Crippen LogP contribution is 2.15. The molecular weight excluding hydrogens is 276 g/mol. The molecule has 2 aromatic heterocycles. The predicted molar refractivity (Wildman–Crippen MR) is 59.8 cm³/mol. The Morgan fingerprint density at radius 2 is 2.25 bits per heavy atom. The molecule has 2 rings (SSSR count). The number of amides is 1. The summed E-state index contributed by atoms with van der Waals surface area (Å²) in [4.78, 5) is 18.6. The molecule has 2 heterocycles. The average molecular weight is 283 g/mol. The molecule has 0 aliphatic carbocycles. The summed E-state index contributed by atoms with van der Waals surface area (Å²) < 4.78 is 1.87. The summed E-state index contributed by atoms with van der Waals surface area (Å²) >= 11 is 3.19. The zero-order valence-electron chi connectivity index (χ0n) is 7.96. The summed E-state index contributed by atoms with van der Waals surface area (Å²) in [7, 11) is 0. The molecule has 0 unspecified atom stereocenters. The minimum absolute atomic E-state index is 0.129. The van der Waals surface area contributed by atoms with Gasteiger partial charge < -0.3 is 11.5 Å². The third kappa shape index (κ3) is 1.87. The fraction of sp³-hybridized carbons (Fsp3) is 0. The SMILES string of the molecule is NC(=O)c1cc(-n2nc(N)nc2Br)ccn1. The number of aromatic nitrogens is 4. The standard InChI is InChI=1S/C8H7BrN6O/c9-7-13-8(11)14-15(7)4-1-2-12-5(3-4)6(10)16/h1-3H,(H2,10,16)(H2,11,14). The fourth-order valence-corrected chi connectivity index (χ4v) is 1.62. The molecule has 0 spiro atoms. The van der Waals surface area contributed by atoms with Crippen molar-refractivity contribution >= 4 is 27.8 Å². The lowest BCUT2D eigenvalue weighted by Crippen LogP contribution is -2.13. The molecule has 7 nitrogen and oxygen atoms in total. The predicted octanol–water partition coefficient (Wildman–Crippen LogP) is 0.106. The van der Waals surface area contributed by atoms with Gasteiger partial charge in [0.15, 0.2) is 0 Å². The van der Waals surface area contributed by atoms with Gasteiger partial charge in [0.1, 0.15) is 5.69 Å². The van der Waals surface area contributed by atoms with Crippen LogP contribution in [0.2, 0.25) is 0 Å². The fourth-order valence-electron chi connectivity index (χ4n) is 1.16. The molecule has 0 fully saturated rings. The minimum atomic E-state index is -0.606. The van der Waals surface area contributed by atoms with Crippen LogP contribution in [0.4, 0.5) is 5.95 Å². The van der Waals surface area contributed by atoms with Crippen LogP contribution in [-0.2, 0) is 0 Å². The Hall–Kier alpha value is -1.96. The largest absolute Gasteiger partial charge is 0.366 e. The molecule has 0 bridgehead atoms. The Morgan fingerprint density at radius 1 is 1.50 bits per heavy atom. The van der Waals surface area contributed by atoms with Crippen molar-refractivity contribution in [2.24, 2.45) is 5.73 Å². The third-order valence-corrected chi connectivity index (χ3v) is 2.34. The van der Waals surface area contributed by atoms with Gasteiger partial charge >= 0.3 is 0 Å². The van der Waals surface area contributed by atoms with E-state index in [4.69, 9.17) is 11.5 Å². The highest BCUT2D eigenvalue weighted by Gasteiger charge is 2.09. The maximum atomic E-state index is 11.0. The van der Waals surface area contributed by atoms with E-state index in [2.05, 4.69) is 31.0 Å². The van der Waals surface area contributed by atoms with Gasteiger partial charge in [-0.05, 0) is 28.1 Å². The van der Waals surface area contributed by atoms with Crippen LogP contribution in [0, 0.1) is 0 Å². The van der Waals surface area contributed by atoms with Crippen LogP contribution in [0.3, 0.4) is 0 Å². The van der Waals surface area contributed by atoms with Gasteiger partial charge in [0.2, 0.25) is 10.7 Å². The highest BCUT2D eigenvalue weighted by atomic mass is 79.9. The van der Waals surface area contributed by atoms with Crippen LogP contribution in [0.25, 0.3) is 5.69 Å². The first kappa shape index (κ1) is 10.6. The van der Waals surface area contributed by atoms with Gasteiger partial charge in [-0.3, -0.25) is 9.78 Å². The zero-order valence-corrected chi connectivity index (χ0v) is 9.55. The van der Waals surface area contributed by atoms with Gasteiger partial charge in [-0.1, -0.05) is 0 Å². The molecule has 1 amide bonds. The van der Waals surface area contributed by atoms with Crippen molar-refractivity contribution in [3.05, 3.63) is 28.8 Å². The van der Waals surface area contributed by atoms with Gasteiger partial charge in [0.25, 0.3) is 5.91 Å². The third-order valence-electron chi connectivity index (χ3n) is 1.82. The van der Waals surface area contributed by atoms with E-state index in [0.717, 1.165) is 0 Å². The number of nitrogens with two attached hydrogens (primary N) is 2. The van der Waals surface area contributed by atoms with E-state index in [0.29, 0.717) is 10.4 Å². The highest BCUT2D eigenvalue weighted by molar-refractivity contribution is 9.10. The van der Waals surface area contributed by atoms with Crippen LogP contribution in [0.1, 0.15) is 10.5 Å². The number of carbonyl (C=O) groups excluding carboxylic acids is 1. The Morgan fingerprint density at radius 3 is 2.81 bits per heavy atom. The summed E-state index contributed by atoms with van der Waals surface area (Å²) in [5.74, 6) is -0.477. The minimum Gasteiger partial charge on any atom is -0.366 e. The van der Waals surface area contributed by atoms with E-state index < -0.39 is 5.91 Å². The maximum Gasteiger partial charge on any atom is 0.267 e. The van der Waals surface area contributed by atoms with E-state index in [1.807, 2.05) is 0 Å². The molecule has 8 heteroatoms. The average Bonchev–Trinajstić information content (AvgIpc) is 2.58. The van der Waals surface area contributed by atoms with Gasteiger partial charge in [-0.25, -0.2) is 4.68 Å². The second-order valence-electron chi connectivity index (χ2n) is 2.91. The van der Waals surface area contributed by atoms with E-state index in [9.17, 15) is 4.79 Å². The maximum absolute atomic E-state index is 11.0. The molecule has 0 saturated carbocycles. The number of carbonyl (C=O) groups is 1. The van der Waals surface area contributed by atoms with Gasteiger partial charge in [-0.15, -0.1) is 5.10 Å². The van der Waals surface area contributed by atoms with Crippen molar-refractivity contribution in [2.45, 2.75) is 0 Å². The number of halogens is 1. The lowest BCUT2D eigenvalue weighted by molar-refractivity contribution is 0.0995. The summed E-state index contributed by atoms with van der Waals surface area (Å²) in [6.07, 6.45) is 1.46. The second kappa shape index (κ2) is 3.89. The molecule has 0 aliphatic heterocycles. The van der Waals surface area contributed by atoms with Crippen molar-refractivity contribution in [2.75, 3.05) is 5.73 Å². The van der Waals surface area contributed by atoms with Crippen LogP contribution < -0.4 is 11.5 Å². The lowest BCUT2D eigenvalue weighted by atomic mass is 10.3. The number of pyridine rings is 1. The lowest BCUT2D eigenvalue weighted by Gasteiger charge is -2.02. The second-order valence-corrected chi connectivity index (χ2v) is 3.62. The Labute approximate surface area is 98.6 Å². The first-order valence-corrected chi connectivity index (χ1v) is 5.01. The number of primary amides is 1. The molecule has 0 atom stereocenters. The summed E-state index contributed by atoms with van der Waals surface area (Å²) in [6, 6.07) is 3.16. The number of nitrogen functional groups attached to an aromatic ring is 1. The molecule has 16 heavy (non-hydrogen) atoms. The normalized spacial score (nSPS) is 10.3. The number of hydrogen-bond acceptors (Lipinski definition) is 5. The molecule has 0 aliphatic rings. The van der Waals surface area contributed by atoms with E-state index in [1.54, 1.807) is 6.07 Å². The van der Waals surface area contributed by atoms with Gasteiger partial charge in [0.05, 0.1) is 5.69 Å². The van der Waals surface area contributed by atoms with Crippen LogP contribution in [0.15, 0.2) is 23.1 Å². The smallest absolute Gasteiger partial charge is 0.267 e. The zero-order chi connectivity index (χ0) is 11.7. The summed E-state index contributed by atoms with van der Waals surface area (Å²) in [5, 5.41) is 3.94. The van der Waals surface area contributed by atoms with Crippen molar-refractivity contribution < 1.29 is 4.79 Å².